The van der Waals surface area contributed by atoms with Gasteiger partial charge >= 0.3 is 5.97 Å². The summed E-state index contributed by atoms with van der Waals surface area (Å²) in [4.78, 5) is 15.7. The molecular formula is C9H15N3O2. The second-order valence-electron chi connectivity index (χ2n) is 2.59. The number of carboxylic acids is 1. The lowest BCUT2D eigenvalue weighted by Crippen LogP contribution is -2.36. The van der Waals surface area contributed by atoms with Crippen LogP contribution in [-0.2, 0) is 4.79 Å². The normalized spacial score (nSPS) is 10.5. The van der Waals surface area contributed by atoms with Crippen LogP contribution in [0.3, 0.4) is 0 Å². The largest absolute Gasteiger partial charge is 0.480 e. The number of carbonyl (C=O) groups is 1. The van der Waals surface area contributed by atoms with E-state index in [1.165, 1.54) is 11.1 Å². The first-order chi connectivity index (χ1) is 6.61. The summed E-state index contributed by atoms with van der Waals surface area (Å²) in [6.07, 6.45) is 2.22. The lowest BCUT2D eigenvalue weighted by atomic mass is 10.5. The van der Waals surface area contributed by atoms with Crippen LogP contribution in [-0.4, -0.2) is 35.0 Å². The summed E-state index contributed by atoms with van der Waals surface area (Å²) >= 11 is 0. The van der Waals surface area contributed by atoms with Crippen LogP contribution in [0.15, 0.2) is 23.5 Å². The van der Waals surface area contributed by atoms with E-state index in [4.69, 9.17) is 10.8 Å². The molecule has 0 spiro atoms. The molecule has 0 atom stereocenters. The number of rotatable bonds is 5. The van der Waals surface area contributed by atoms with E-state index in [1.807, 2.05) is 6.92 Å². The minimum atomic E-state index is -0.980. The van der Waals surface area contributed by atoms with Crippen LogP contribution in [0.4, 0.5) is 0 Å². The minimum Gasteiger partial charge on any atom is -0.480 e. The molecule has 0 saturated heterocycles. The number of hydrogen-bond acceptors (Lipinski definition) is 2. The Morgan fingerprint density at radius 1 is 1.79 bits per heavy atom. The van der Waals surface area contributed by atoms with Crippen molar-refractivity contribution in [2.45, 2.75) is 13.3 Å². The van der Waals surface area contributed by atoms with Crippen LogP contribution in [0.25, 0.3) is 0 Å². The predicted octanol–water partition coefficient (Wildman–Crippen LogP) is 0.396. The number of guanidine groups is 1. The third kappa shape index (κ3) is 5.00. The molecule has 0 bridgehead atoms. The molecule has 5 heteroatoms. The molecule has 78 valence electrons. The van der Waals surface area contributed by atoms with Gasteiger partial charge < -0.3 is 15.7 Å². The summed E-state index contributed by atoms with van der Waals surface area (Å²) < 4.78 is 0. The highest BCUT2D eigenvalue weighted by Gasteiger charge is 2.08. The molecule has 0 rings (SSSR count). The molecule has 0 aliphatic heterocycles. The van der Waals surface area contributed by atoms with Crippen LogP contribution in [0, 0.1) is 0 Å². The van der Waals surface area contributed by atoms with Gasteiger partial charge in [-0.3, -0.25) is 9.79 Å². The topological polar surface area (TPSA) is 78.9 Å². The fourth-order valence-corrected chi connectivity index (χ4v) is 0.766. The van der Waals surface area contributed by atoms with Gasteiger partial charge in [0.05, 0.1) is 0 Å². The van der Waals surface area contributed by atoms with Gasteiger partial charge in [-0.25, -0.2) is 0 Å². The Hall–Kier alpha value is -1.74. The van der Waals surface area contributed by atoms with Crippen molar-refractivity contribution < 1.29 is 9.90 Å². The van der Waals surface area contributed by atoms with Crippen molar-refractivity contribution in [2.75, 3.05) is 13.1 Å². The van der Waals surface area contributed by atoms with E-state index in [2.05, 4.69) is 17.3 Å². The van der Waals surface area contributed by atoms with Gasteiger partial charge in [0, 0.05) is 12.7 Å². The van der Waals surface area contributed by atoms with Crippen LogP contribution in [0.2, 0.25) is 0 Å². The van der Waals surface area contributed by atoms with Gasteiger partial charge in [-0.15, -0.1) is 5.73 Å². The third-order valence-electron chi connectivity index (χ3n) is 1.34. The fraction of sp³-hybridized carbons (Fsp3) is 0.444. The van der Waals surface area contributed by atoms with Gasteiger partial charge in [0.25, 0.3) is 0 Å². The molecule has 0 aliphatic rings. The monoisotopic (exact) mass is 197 g/mol. The molecule has 0 aromatic heterocycles. The number of aliphatic carboxylic acids is 1. The lowest BCUT2D eigenvalue weighted by molar-refractivity contribution is -0.136. The first-order valence-electron chi connectivity index (χ1n) is 4.26. The van der Waals surface area contributed by atoms with Crippen molar-refractivity contribution in [2.24, 2.45) is 10.7 Å². The van der Waals surface area contributed by atoms with Crippen LogP contribution < -0.4 is 5.73 Å². The van der Waals surface area contributed by atoms with E-state index in [0.29, 0.717) is 6.54 Å². The third-order valence-corrected chi connectivity index (χ3v) is 1.34. The zero-order valence-corrected chi connectivity index (χ0v) is 8.23. The number of nitrogens with zero attached hydrogens (tertiary/aromatic N) is 2. The van der Waals surface area contributed by atoms with Gasteiger partial charge in [-0.05, 0) is 6.42 Å². The van der Waals surface area contributed by atoms with Crippen molar-refractivity contribution in [1.82, 2.24) is 4.90 Å². The number of aliphatic imine (C=N–C) groups is 1. The fourth-order valence-electron chi connectivity index (χ4n) is 0.766. The van der Waals surface area contributed by atoms with Crippen LogP contribution in [0.1, 0.15) is 13.3 Å². The summed E-state index contributed by atoms with van der Waals surface area (Å²) in [5.41, 5.74) is 8.01. The molecule has 0 aromatic carbocycles. The highest BCUT2D eigenvalue weighted by atomic mass is 16.4. The van der Waals surface area contributed by atoms with Gasteiger partial charge in [-0.1, -0.05) is 13.5 Å². The van der Waals surface area contributed by atoms with Crippen LogP contribution >= 0.6 is 0 Å². The van der Waals surface area contributed by atoms with E-state index in [-0.39, 0.29) is 12.5 Å². The van der Waals surface area contributed by atoms with Crippen molar-refractivity contribution in [3.05, 3.63) is 18.5 Å². The number of carboxylic acid groups (broad SMARTS) is 1. The smallest absolute Gasteiger partial charge is 0.323 e. The predicted molar refractivity (Wildman–Crippen MR) is 54.8 cm³/mol. The molecule has 3 N–H and O–H groups in total. The molecule has 0 fully saturated rings. The zero-order valence-electron chi connectivity index (χ0n) is 8.23. The first kappa shape index (κ1) is 12.3. The van der Waals surface area contributed by atoms with E-state index >= 15 is 0 Å². The standard InChI is InChI=1S/C9H15N3O2/c1-3-5-11-9(10)12(6-4-2)7-8(13)14/h6H,2-3,5,7H2,1H3,(H2,10,11)(H,13,14). The zero-order chi connectivity index (χ0) is 11.0. The van der Waals surface area contributed by atoms with E-state index in [0.717, 1.165) is 6.42 Å². The number of nitrogens with two attached hydrogens (primary N) is 1. The SMILES string of the molecule is C=C=CN(CC(=O)O)C(N)=NCCC. The van der Waals surface area contributed by atoms with Crippen molar-refractivity contribution in [3.8, 4) is 0 Å². The Morgan fingerprint density at radius 2 is 2.43 bits per heavy atom. The Morgan fingerprint density at radius 3 is 2.86 bits per heavy atom. The molecule has 0 unspecified atom stereocenters. The molecule has 0 aromatic rings. The Labute approximate surface area is 83.2 Å². The molecule has 0 radical (unpaired) electrons. The second kappa shape index (κ2) is 6.74. The molecule has 0 saturated carbocycles. The van der Waals surface area contributed by atoms with E-state index in [1.54, 1.807) is 0 Å². The quantitative estimate of drug-likeness (QED) is 0.380. The molecule has 0 amide bonds. The Balaban J connectivity index is 4.47. The Bertz CT molecular complexity index is 267. The van der Waals surface area contributed by atoms with Gasteiger partial charge in [0.15, 0.2) is 5.96 Å². The molecular weight excluding hydrogens is 182 g/mol. The maximum absolute atomic E-state index is 10.4. The summed E-state index contributed by atoms with van der Waals surface area (Å²) in [7, 11) is 0. The molecule has 14 heavy (non-hydrogen) atoms. The molecule has 5 nitrogen and oxygen atoms in total. The van der Waals surface area contributed by atoms with Crippen LogP contribution in [0.5, 0.6) is 0 Å². The average molecular weight is 197 g/mol. The van der Waals surface area contributed by atoms with Crippen molar-refractivity contribution in [3.63, 3.8) is 0 Å². The van der Waals surface area contributed by atoms with E-state index < -0.39 is 5.97 Å². The van der Waals surface area contributed by atoms with Crippen molar-refractivity contribution in [1.29, 1.82) is 0 Å². The summed E-state index contributed by atoms with van der Waals surface area (Å²) in [5, 5.41) is 8.56. The second-order valence-corrected chi connectivity index (χ2v) is 2.59. The molecule has 0 aliphatic carbocycles. The summed E-state index contributed by atoms with van der Waals surface area (Å²) in [6, 6.07) is 0. The van der Waals surface area contributed by atoms with Gasteiger partial charge in [0.2, 0.25) is 0 Å². The molecule has 0 heterocycles. The highest BCUT2D eigenvalue weighted by molar-refractivity contribution is 5.83. The highest BCUT2D eigenvalue weighted by Crippen LogP contribution is 1.90. The number of hydrogen-bond donors (Lipinski definition) is 2. The Kier molecular flexibility index (Phi) is 5.90. The summed E-state index contributed by atoms with van der Waals surface area (Å²) in [6.45, 7) is 5.65. The van der Waals surface area contributed by atoms with Gasteiger partial charge in [0.1, 0.15) is 6.54 Å². The lowest BCUT2D eigenvalue weighted by Gasteiger charge is -2.15. The summed E-state index contributed by atoms with van der Waals surface area (Å²) in [5.74, 6) is -0.809. The maximum Gasteiger partial charge on any atom is 0.323 e. The van der Waals surface area contributed by atoms with Crippen molar-refractivity contribution >= 4 is 11.9 Å². The van der Waals surface area contributed by atoms with E-state index in [9.17, 15) is 4.79 Å². The first-order valence-corrected chi connectivity index (χ1v) is 4.26. The van der Waals surface area contributed by atoms with Gasteiger partial charge in [-0.2, -0.15) is 0 Å². The maximum atomic E-state index is 10.4. The average Bonchev–Trinajstić information content (AvgIpc) is 2.13. The minimum absolute atomic E-state index is 0.172.